The van der Waals surface area contributed by atoms with Gasteiger partial charge in [-0.1, -0.05) is 24.3 Å². The molecule has 1 fully saturated rings. The number of nitrogens with zero attached hydrogens (tertiary/aromatic N) is 2. The fraction of sp³-hybridized carbons (Fsp3) is 0.292. The number of carbonyl (C=O) groups excluding carboxylic acids is 2. The summed E-state index contributed by atoms with van der Waals surface area (Å²) in [6, 6.07) is 15.9. The molecule has 6 nitrogen and oxygen atoms in total. The van der Waals surface area contributed by atoms with Crippen LogP contribution in [0, 0.1) is 13.8 Å². The second-order valence-electron chi connectivity index (χ2n) is 7.55. The van der Waals surface area contributed by atoms with E-state index in [2.05, 4.69) is 35.5 Å². The van der Waals surface area contributed by atoms with Crippen LogP contribution >= 0.6 is 11.8 Å². The van der Waals surface area contributed by atoms with Gasteiger partial charge < -0.3 is 10.1 Å². The van der Waals surface area contributed by atoms with Crippen LogP contribution in [0.3, 0.4) is 0 Å². The standard InChI is InChI=1S/C24H25N3O3S/c1-16-3-4-20(15-21(16)27-12-9-17(2)26-27)18-5-7-19(8-6-18)23(28)25-11-14-31-22-10-13-30-24(22)29/h3-9,12,15,22H,10-11,13-14H2,1-2H3,(H,25,28). The molecule has 31 heavy (non-hydrogen) atoms. The number of ether oxygens (including phenoxy) is 1. The smallest absolute Gasteiger partial charge is 0.319 e. The van der Waals surface area contributed by atoms with E-state index in [1.807, 2.05) is 48.1 Å². The molecule has 1 unspecified atom stereocenters. The van der Waals surface area contributed by atoms with Crippen LogP contribution < -0.4 is 5.32 Å². The predicted octanol–water partition coefficient (Wildman–Crippen LogP) is 3.93. The first-order chi connectivity index (χ1) is 15.0. The molecule has 4 rings (SSSR count). The molecule has 1 N–H and O–H groups in total. The average molecular weight is 436 g/mol. The molecule has 0 aliphatic carbocycles. The van der Waals surface area contributed by atoms with Gasteiger partial charge in [-0.15, -0.1) is 11.8 Å². The molecule has 1 aliphatic rings. The predicted molar refractivity (Wildman–Crippen MR) is 123 cm³/mol. The molecule has 0 saturated carbocycles. The maximum absolute atomic E-state index is 12.4. The minimum atomic E-state index is -0.145. The van der Waals surface area contributed by atoms with E-state index in [4.69, 9.17) is 4.74 Å². The molecule has 1 saturated heterocycles. The van der Waals surface area contributed by atoms with E-state index in [-0.39, 0.29) is 17.1 Å². The van der Waals surface area contributed by atoms with Gasteiger partial charge >= 0.3 is 5.97 Å². The van der Waals surface area contributed by atoms with Crippen LogP contribution in [0.5, 0.6) is 0 Å². The van der Waals surface area contributed by atoms with Gasteiger partial charge in [0.25, 0.3) is 5.91 Å². The number of aryl methyl sites for hydroxylation is 2. The van der Waals surface area contributed by atoms with Gasteiger partial charge in [-0.3, -0.25) is 9.59 Å². The maximum Gasteiger partial charge on any atom is 0.319 e. The summed E-state index contributed by atoms with van der Waals surface area (Å²) in [5, 5.41) is 7.33. The largest absolute Gasteiger partial charge is 0.465 e. The third-order valence-electron chi connectivity index (χ3n) is 5.25. The van der Waals surface area contributed by atoms with Crippen LogP contribution in [0.15, 0.2) is 54.7 Å². The summed E-state index contributed by atoms with van der Waals surface area (Å²) in [5.41, 5.74) is 5.88. The number of nitrogens with one attached hydrogen (secondary N) is 1. The number of rotatable bonds is 7. The Kier molecular flexibility index (Phi) is 6.42. The zero-order chi connectivity index (χ0) is 21.8. The molecule has 0 radical (unpaired) electrons. The summed E-state index contributed by atoms with van der Waals surface area (Å²) in [7, 11) is 0. The third-order valence-corrected chi connectivity index (χ3v) is 6.52. The Morgan fingerprint density at radius 1 is 1.16 bits per heavy atom. The number of benzene rings is 2. The van der Waals surface area contributed by atoms with Crippen molar-refractivity contribution in [3.05, 3.63) is 71.5 Å². The third kappa shape index (κ3) is 4.99. The highest BCUT2D eigenvalue weighted by molar-refractivity contribution is 8.00. The highest BCUT2D eigenvalue weighted by atomic mass is 32.2. The van der Waals surface area contributed by atoms with Gasteiger partial charge in [-0.25, -0.2) is 4.68 Å². The molecular formula is C24H25N3O3S. The number of thioether (sulfide) groups is 1. The van der Waals surface area contributed by atoms with Crippen molar-refractivity contribution in [3.8, 4) is 16.8 Å². The van der Waals surface area contributed by atoms with E-state index in [1.54, 1.807) is 0 Å². The molecule has 1 amide bonds. The molecular weight excluding hydrogens is 410 g/mol. The Bertz CT molecular complexity index is 1090. The summed E-state index contributed by atoms with van der Waals surface area (Å²) in [6.45, 7) is 5.05. The number of carbonyl (C=O) groups is 2. The van der Waals surface area contributed by atoms with Crippen molar-refractivity contribution in [3.63, 3.8) is 0 Å². The van der Waals surface area contributed by atoms with E-state index >= 15 is 0 Å². The van der Waals surface area contributed by atoms with Crippen molar-refractivity contribution >= 4 is 23.6 Å². The van der Waals surface area contributed by atoms with E-state index in [0.717, 1.165) is 34.5 Å². The summed E-state index contributed by atoms with van der Waals surface area (Å²) < 4.78 is 6.84. The number of amides is 1. The molecule has 2 heterocycles. The van der Waals surface area contributed by atoms with Crippen molar-refractivity contribution in [1.82, 2.24) is 15.1 Å². The highest BCUT2D eigenvalue weighted by Gasteiger charge is 2.26. The lowest BCUT2D eigenvalue weighted by Crippen LogP contribution is -2.26. The molecule has 1 aromatic heterocycles. The van der Waals surface area contributed by atoms with Crippen LogP contribution in [0.1, 0.15) is 28.0 Å². The van der Waals surface area contributed by atoms with Crippen LogP contribution in [-0.2, 0) is 9.53 Å². The van der Waals surface area contributed by atoms with Crippen molar-refractivity contribution < 1.29 is 14.3 Å². The van der Waals surface area contributed by atoms with Crippen LogP contribution in [0.2, 0.25) is 0 Å². The lowest BCUT2D eigenvalue weighted by atomic mass is 10.0. The summed E-state index contributed by atoms with van der Waals surface area (Å²) in [5.74, 6) is 0.425. The Morgan fingerprint density at radius 2 is 1.94 bits per heavy atom. The second kappa shape index (κ2) is 9.39. The van der Waals surface area contributed by atoms with E-state index in [9.17, 15) is 9.59 Å². The van der Waals surface area contributed by atoms with Crippen molar-refractivity contribution in [2.24, 2.45) is 0 Å². The molecule has 1 atom stereocenters. The Morgan fingerprint density at radius 3 is 2.61 bits per heavy atom. The van der Waals surface area contributed by atoms with Crippen molar-refractivity contribution in [2.45, 2.75) is 25.5 Å². The minimum absolute atomic E-state index is 0.0961. The SMILES string of the molecule is Cc1ccn(-c2cc(-c3ccc(C(=O)NCCSC4CCOC4=O)cc3)ccc2C)n1. The average Bonchev–Trinajstić information content (AvgIpc) is 3.39. The molecule has 2 aromatic carbocycles. The topological polar surface area (TPSA) is 73.2 Å². The monoisotopic (exact) mass is 435 g/mol. The number of hydrogen-bond donors (Lipinski definition) is 1. The van der Waals surface area contributed by atoms with E-state index < -0.39 is 0 Å². The summed E-state index contributed by atoms with van der Waals surface area (Å²) >= 11 is 1.53. The Labute approximate surface area is 186 Å². The molecule has 1 aliphatic heterocycles. The molecule has 0 spiro atoms. The van der Waals surface area contributed by atoms with Gasteiger partial charge in [0.1, 0.15) is 5.25 Å². The molecule has 0 bridgehead atoms. The van der Waals surface area contributed by atoms with Gasteiger partial charge in [0.05, 0.1) is 18.0 Å². The van der Waals surface area contributed by atoms with Crippen molar-refractivity contribution in [1.29, 1.82) is 0 Å². The van der Waals surface area contributed by atoms with Gasteiger partial charge in [0.15, 0.2) is 0 Å². The number of esters is 1. The Hall–Kier alpha value is -3.06. The van der Waals surface area contributed by atoms with Gasteiger partial charge in [0, 0.05) is 30.5 Å². The molecule has 160 valence electrons. The molecule has 3 aromatic rings. The van der Waals surface area contributed by atoms with Gasteiger partial charge in [-0.05, 0) is 54.8 Å². The lowest BCUT2D eigenvalue weighted by molar-refractivity contribution is -0.137. The van der Waals surface area contributed by atoms with E-state index in [0.29, 0.717) is 24.5 Å². The van der Waals surface area contributed by atoms with Gasteiger partial charge in [-0.2, -0.15) is 5.10 Å². The van der Waals surface area contributed by atoms with Crippen molar-refractivity contribution in [2.75, 3.05) is 18.9 Å². The first-order valence-corrected chi connectivity index (χ1v) is 11.4. The van der Waals surface area contributed by atoms with Gasteiger partial charge in [0.2, 0.25) is 0 Å². The van der Waals surface area contributed by atoms with Crippen LogP contribution in [-0.4, -0.2) is 45.8 Å². The quantitative estimate of drug-likeness (QED) is 0.450. The fourth-order valence-corrected chi connectivity index (χ4v) is 4.47. The van der Waals surface area contributed by atoms with Crippen LogP contribution in [0.25, 0.3) is 16.8 Å². The normalized spacial score (nSPS) is 15.7. The minimum Gasteiger partial charge on any atom is -0.465 e. The zero-order valence-corrected chi connectivity index (χ0v) is 18.4. The Balaban J connectivity index is 1.37. The fourth-order valence-electron chi connectivity index (χ4n) is 3.50. The number of cyclic esters (lactones) is 1. The number of hydrogen-bond acceptors (Lipinski definition) is 5. The second-order valence-corrected chi connectivity index (χ2v) is 8.86. The maximum atomic E-state index is 12.4. The van der Waals surface area contributed by atoms with Crippen LogP contribution in [0.4, 0.5) is 0 Å². The highest BCUT2D eigenvalue weighted by Crippen LogP contribution is 2.25. The van der Waals surface area contributed by atoms with E-state index in [1.165, 1.54) is 11.8 Å². The number of aromatic nitrogens is 2. The summed E-state index contributed by atoms with van der Waals surface area (Å²) in [6.07, 6.45) is 2.71. The first kappa shape index (κ1) is 21.2. The lowest BCUT2D eigenvalue weighted by Gasteiger charge is -2.10. The first-order valence-electron chi connectivity index (χ1n) is 10.3. The summed E-state index contributed by atoms with van der Waals surface area (Å²) in [4.78, 5) is 23.9. The zero-order valence-electron chi connectivity index (χ0n) is 17.6. The molecule has 7 heteroatoms.